The molecule has 0 saturated carbocycles. The van der Waals surface area contributed by atoms with Crippen molar-refractivity contribution in [1.82, 2.24) is 5.16 Å². The lowest BCUT2D eigenvalue weighted by Crippen LogP contribution is -1.96. The third kappa shape index (κ3) is 2.67. The highest BCUT2D eigenvalue weighted by Crippen LogP contribution is 2.39. The molecule has 0 aliphatic heterocycles. The summed E-state index contributed by atoms with van der Waals surface area (Å²) in [6.07, 6.45) is 1.46. The maximum absolute atomic E-state index is 10.3. The van der Waals surface area contributed by atoms with Gasteiger partial charge in [0.25, 0.3) is 0 Å². The Morgan fingerprint density at radius 2 is 1.86 bits per heavy atom. The summed E-state index contributed by atoms with van der Waals surface area (Å²) in [4.78, 5) is 0. The number of rotatable bonds is 4. The zero-order chi connectivity index (χ0) is 14.7. The number of ether oxygens (including phenoxy) is 1. The number of phenols is 1. The second kappa shape index (κ2) is 5.58. The molecule has 5 nitrogen and oxygen atoms in total. The highest BCUT2D eigenvalue weighted by molar-refractivity contribution is 5.78. The average molecular weight is 282 g/mol. The predicted octanol–water partition coefficient (Wildman–Crippen LogP) is 3.21. The minimum absolute atomic E-state index is 0.0170. The Morgan fingerprint density at radius 3 is 2.57 bits per heavy atom. The Balaban J connectivity index is 1.86. The summed E-state index contributed by atoms with van der Waals surface area (Å²) in [5.74, 6) is 0.561. The zero-order valence-electron chi connectivity index (χ0n) is 11.2. The van der Waals surface area contributed by atoms with Crippen LogP contribution in [0.2, 0.25) is 0 Å². The van der Waals surface area contributed by atoms with Crippen LogP contribution >= 0.6 is 0 Å². The van der Waals surface area contributed by atoms with Gasteiger partial charge in [-0.3, -0.25) is 0 Å². The second-order valence-electron chi connectivity index (χ2n) is 4.53. The van der Waals surface area contributed by atoms with Crippen LogP contribution < -0.4 is 10.5 Å². The van der Waals surface area contributed by atoms with Crippen LogP contribution in [0.4, 0.5) is 5.88 Å². The van der Waals surface area contributed by atoms with Crippen LogP contribution in [-0.4, -0.2) is 10.3 Å². The molecule has 21 heavy (non-hydrogen) atoms. The van der Waals surface area contributed by atoms with Gasteiger partial charge in [0.1, 0.15) is 6.61 Å². The normalized spacial score (nSPS) is 10.5. The van der Waals surface area contributed by atoms with E-state index in [1.54, 1.807) is 18.2 Å². The lowest BCUT2D eigenvalue weighted by molar-refractivity contribution is 0.289. The first-order valence-electron chi connectivity index (χ1n) is 6.45. The lowest BCUT2D eigenvalue weighted by atomic mass is 10.1. The summed E-state index contributed by atoms with van der Waals surface area (Å²) < 4.78 is 10.5. The minimum atomic E-state index is 0.0170. The molecule has 5 heteroatoms. The first-order chi connectivity index (χ1) is 10.3. The molecule has 1 heterocycles. The van der Waals surface area contributed by atoms with E-state index in [9.17, 15) is 5.11 Å². The molecule has 0 unspecified atom stereocenters. The molecule has 0 aliphatic rings. The third-order valence-electron chi connectivity index (χ3n) is 3.12. The predicted molar refractivity (Wildman–Crippen MR) is 78.8 cm³/mol. The van der Waals surface area contributed by atoms with Gasteiger partial charge in [-0.15, -0.1) is 0 Å². The molecule has 2 aromatic carbocycles. The van der Waals surface area contributed by atoms with Crippen molar-refractivity contribution < 1.29 is 14.4 Å². The summed E-state index contributed by atoms with van der Waals surface area (Å²) >= 11 is 0. The van der Waals surface area contributed by atoms with Crippen molar-refractivity contribution in [3.05, 3.63) is 60.3 Å². The average Bonchev–Trinajstić information content (AvgIpc) is 2.93. The Bertz CT molecular complexity index is 738. The molecule has 3 rings (SSSR count). The van der Waals surface area contributed by atoms with Crippen LogP contribution in [0.15, 0.2) is 59.3 Å². The van der Waals surface area contributed by atoms with Crippen LogP contribution in [0.25, 0.3) is 11.1 Å². The van der Waals surface area contributed by atoms with E-state index in [0.29, 0.717) is 23.5 Å². The smallest absolute Gasteiger partial charge is 0.230 e. The molecule has 0 atom stereocenters. The Kier molecular flexibility index (Phi) is 3.47. The topological polar surface area (TPSA) is 81.5 Å². The van der Waals surface area contributed by atoms with E-state index >= 15 is 0 Å². The van der Waals surface area contributed by atoms with E-state index < -0.39 is 0 Å². The van der Waals surface area contributed by atoms with Crippen LogP contribution in [0, 0.1) is 0 Å². The first kappa shape index (κ1) is 13.1. The Labute approximate surface area is 121 Å². The van der Waals surface area contributed by atoms with E-state index in [1.165, 1.54) is 6.20 Å². The molecular weight excluding hydrogens is 268 g/mol. The van der Waals surface area contributed by atoms with E-state index in [1.807, 2.05) is 30.3 Å². The van der Waals surface area contributed by atoms with Crippen molar-refractivity contribution in [2.45, 2.75) is 6.61 Å². The Hall–Kier alpha value is -2.95. The molecule has 0 radical (unpaired) electrons. The lowest BCUT2D eigenvalue weighted by Gasteiger charge is -2.10. The molecule has 0 fully saturated rings. The molecule has 0 saturated heterocycles. The van der Waals surface area contributed by atoms with Gasteiger partial charge in [-0.2, -0.15) is 0 Å². The number of anilines is 1. The molecule has 0 amide bonds. The van der Waals surface area contributed by atoms with Gasteiger partial charge in [0, 0.05) is 5.56 Å². The SMILES string of the molecule is Nc1oncc1-c1cccc(OCc2ccccc2)c1O. The molecule has 1 aromatic heterocycles. The monoisotopic (exact) mass is 282 g/mol. The number of phenolic OH excluding ortho intramolecular Hbond substituents is 1. The van der Waals surface area contributed by atoms with Gasteiger partial charge in [-0.1, -0.05) is 47.6 Å². The highest BCUT2D eigenvalue weighted by atomic mass is 16.5. The molecule has 0 bridgehead atoms. The minimum Gasteiger partial charge on any atom is -0.504 e. The summed E-state index contributed by atoms with van der Waals surface area (Å²) in [5, 5.41) is 13.9. The summed E-state index contributed by atoms with van der Waals surface area (Å²) in [5.41, 5.74) is 7.76. The van der Waals surface area contributed by atoms with Crippen LogP contribution in [0.1, 0.15) is 5.56 Å². The summed E-state index contributed by atoms with van der Waals surface area (Å²) in [6.45, 7) is 0.372. The van der Waals surface area contributed by atoms with Crippen molar-refractivity contribution in [1.29, 1.82) is 0 Å². The number of nitrogens with zero attached hydrogens (tertiary/aromatic N) is 1. The van der Waals surface area contributed by atoms with Gasteiger partial charge in [0.15, 0.2) is 11.5 Å². The van der Waals surface area contributed by atoms with Crippen molar-refractivity contribution >= 4 is 5.88 Å². The molecule has 3 aromatic rings. The number of para-hydroxylation sites is 1. The Morgan fingerprint density at radius 1 is 1.05 bits per heavy atom. The number of nitrogens with two attached hydrogens (primary N) is 1. The summed E-state index contributed by atoms with van der Waals surface area (Å²) in [7, 11) is 0. The fourth-order valence-electron chi connectivity index (χ4n) is 2.04. The summed E-state index contributed by atoms with van der Waals surface area (Å²) in [6, 6.07) is 14.9. The van der Waals surface area contributed by atoms with Crippen molar-refractivity contribution in [2.24, 2.45) is 0 Å². The van der Waals surface area contributed by atoms with E-state index in [4.69, 9.17) is 15.0 Å². The van der Waals surface area contributed by atoms with Gasteiger partial charge in [0.2, 0.25) is 5.88 Å². The second-order valence-corrected chi connectivity index (χ2v) is 4.53. The van der Waals surface area contributed by atoms with Crippen LogP contribution in [0.3, 0.4) is 0 Å². The standard InChI is InChI=1S/C16H14N2O3/c17-16-13(9-18-21-16)12-7-4-8-14(15(12)19)20-10-11-5-2-1-3-6-11/h1-9,19H,10,17H2. The molecule has 0 spiro atoms. The maximum atomic E-state index is 10.3. The number of hydrogen-bond acceptors (Lipinski definition) is 5. The van der Waals surface area contributed by atoms with E-state index in [-0.39, 0.29) is 11.6 Å². The van der Waals surface area contributed by atoms with Gasteiger partial charge >= 0.3 is 0 Å². The fourth-order valence-corrected chi connectivity index (χ4v) is 2.04. The van der Waals surface area contributed by atoms with Gasteiger partial charge in [0.05, 0.1) is 11.8 Å². The number of hydrogen-bond donors (Lipinski definition) is 2. The largest absolute Gasteiger partial charge is 0.504 e. The quantitative estimate of drug-likeness (QED) is 0.768. The van der Waals surface area contributed by atoms with Gasteiger partial charge in [-0.05, 0) is 11.6 Å². The van der Waals surface area contributed by atoms with Crippen molar-refractivity contribution in [2.75, 3.05) is 5.73 Å². The first-order valence-corrected chi connectivity index (χ1v) is 6.45. The van der Waals surface area contributed by atoms with Crippen molar-refractivity contribution in [3.8, 4) is 22.6 Å². The van der Waals surface area contributed by atoms with Gasteiger partial charge < -0.3 is 20.1 Å². The fraction of sp³-hybridized carbons (Fsp3) is 0.0625. The maximum Gasteiger partial charge on any atom is 0.230 e. The number of aromatic nitrogens is 1. The molecule has 3 N–H and O–H groups in total. The van der Waals surface area contributed by atoms with E-state index in [2.05, 4.69) is 5.16 Å². The van der Waals surface area contributed by atoms with Crippen molar-refractivity contribution in [3.63, 3.8) is 0 Å². The number of nitrogen functional groups attached to an aromatic ring is 1. The zero-order valence-corrected chi connectivity index (χ0v) is 11.2. The van der Waals surface area contributed by atoms with Crippen LogP contribution in [0.5, 0.6) is 11.5 Å². The third-order valence-corrected chi connectivity index (χ3v) is 3.12. The van der Waals surface area contributed by atoms with E-state index in [0.717, 1.165) is 5.56 Å². The number of aromatic hydroxyl groups is 1. The highest BCUT2D eigenvalue weighted by Gasteiger charge is 2.15. The molecule has 106 valence electrons. The molecular formula is C16H14N2O3. The van der Waals surface area contributed by atoms with Crippen LogP contribution in [-0.2, 0) is 6.61 Å². The number of benzene rings is 2. The van der Waals surface area contributed by atoms with Gasteiger partial charge in [-0.25, -0.2) is 0 Å². The molecule has 0 aliphatic carbocycles.